The Morgan fingerprint density at radius 2 is 0.875 bits per heavy atom. The standard InChI is InChI=1S/C30H17NS/c1-3-11-19-17(9-1)18-10-2-5-13-21(18)29-26(19)27-28-25(23-15-7-8-16-24(23)31-28)20-12-4-6-14-22(20)30(27)32-29/h1-16,31H. The van der Waals surface area contributed by atoms with Crippen LogP contribution >= 0.6 is 11.3 Å². The number of nitrogens with one attached hydrogen (secondary N) is 1. The molecule has 0 saturated carbocycles. The Hall–Kier alpha value is -3.88. The van der Waals surface area contributed by atoms with Crippen LogP contribution < -0.4 is 0 Å². The predicted octanol–water partition coefficient (Wildman–Crippen LogP) is 9.15. The third kappa shape index (κ3) is 1.94. The molecule has 1 N–H and O–H groups in total. The van der Waals surface area contributed by atoms with Gasteiger partial charge in [0.2, 0.25) is 0 Å². The molecule has 148 valence electrons. The average Bonchev–Trinajstić information content (AvgIpc) is 3.44. The zero-order valence-corrected chi connectivity index (χ0v) is 18.0. The maximum atomic E-state index is 3.81. The van der Waals surface area contributed by atoms with Crippen molar-refractivity contribution in [2.45, 2.75) is 0 Å². The van der Waals surface area contributed by atoms with Crippen LogP contribution in [0.1, 0.15) is 0 Å². The van der Waals surface area contributed by atoms with Gasteiger partial charge in [0.05, 0.1) is 5.52 Å². The summed E-state index contributed by atoms with van der Waals surface area (Å²) in [6.45, 7) is 0. The molecule has 0 spiro atoms. The van der Waals surface area contributed by atoms with Crippen LogP contribution in [0.2, 0.25) is 0 Å². The van der Waals surface area contributed by atoms with Crippen molar-refractivity contribution in [3.63, 3.8) is 0 Å². The monoisotopic (exact) mass is 423 g/mol. The highest BCUT2D eigenvalue weighted by Crippen LogP contribution is 2.49. The van der Waals surface area contributed by atoms with E-state index in [1.54, 1.807) is 0 Å². The minimum absolute atomic E-state index is 1.20. The molecular formula is C30H17NS. The van der Waals surface area contributed by atoms with Gasteiger partial charge >= 0.3 is 0 Å². The van der Waals surface area contributed by atoms with Gasteiger partial charge in [-0.25, -0.2) is 0 Å². The zero-order valence-electron chi connectivity index (χ0n) is 17.1. The lowest BCUT2D eigenvalue weighted by Crippen LogP contribution is -1.81. The van der Waals surface area contributed by atoms with Crippen LogP contribution in [-0.4, -0.2) is 4.98 Å². The van der Waals surface area contributed by atoms with Gasteiger partial charge in [0.25, 0.3) is 0 Å². The minimum Gasteiger partial charge on any atom is -0.354 e. The van der Waals surface area contributed by atoms with Gasteiger partial charge in [-0.15, -0.1) is 11.3 Å². The van der Waals surface area contributed by atoms with Crippen LogP contribution in [0, 0.1) is 0 Å². The fourth-order valence-corrected chi connectivity index (χ4v) is 7.07. The second-order valence-electron chi connectivity index (χ2n) is 8.57. The molecule has 6 aromatic carbocycles. The van der Waals surface area contributed by atoms with E-state index in [2.05, 4.69) is 102 Å². The number of H-pyrrole nitrogens is 1. The number of benzene rings is 6. The highest BCUT2D eigenvalue weighted by molar-refractivity contribution is 7.28. The van der Waals surface area contributed by atoms with Crippen LogP contribution in [0.3, 0.4) is 0 Å². The molecule has 0 unspecified atom stereocenters. The molecule has 2 heteroatoms. The first kappa shape index (κ1) is 16.8. The number of hydrogen-bond donors (Lipinski definition) is 1. The van der Waals surface area contributed by atoms with Gasteiger partial charge in [-0.1, -0.05) is 91.0 Å². The maximum Gasteiger partial charge on any atom is 0.0566 e. The molecular weight excluding hydrogens is 406 g/mol. The lowest BCUT2D eigenvalue weighted by molar-refractivity contribution is 1.57. The largest absolute Gasteiger partial charge is 0.354 e. The SMILES string of the molecule is c1ccc2c(c1)[nH]c1c2c2ccccc2c2sc3c4ccccc4c4ccccc4c3c12. The Balaban J connectivity index is 1.82. The maximum absolute atomic E-state index is 3.81. The first-order chi connectivity index (χ1) is 15.9. The van der Waals surface area contributed by atoms with E-state index in [0.717, 1.165) is 0 Å². The summed E-state index contributed by atoms with van der Waals surface area (Å²) >= 11 is 1.94. The molecule has 0 radical (unpaired) electrons. The van der Waals surface area contributed by atoms with Gasteiger partial charge in [0.15, 0.2) is 0 Å². The number of aromatic amines is 1. The highest BCUT2D eigenvalue weighted by atomic mass is 32.1. The van der Waals surface area contributed by atoms with E-state index in [9.17, 15) is 0 Å². The van der Waals surface area contributed by atoms with Gasteiger partial charge in [0.1, 0.15) is 0 Å². The molecule has 0 aliphatic heterocycles. The second kappa shape index (κ2) is 5.87. The third-order valence-corrected chi connectivity index (χ3v) is 8.22. The lowest BCUT2D eigenvalue weighted by Gasteiger charge is -2.08. The van der Waals surface area contributed by atoms with Crippen LogP contribution in [0.15, 0.2) is 97.1 Å². The topological polar surface area (TPSA) is 15.8 Å². The van der Waals surface area contributed by atoms with Gasteiger partial charge in [-0.2, -0.15) is 0 Å². The van der Waals surface area contributed by atoms with E-state index in [-0.39, 0.29) is 0 Å². The lowest BCUT2D eigenvalue weighted by atomic mass is 9.95. The number of aromatic nitrogens is 1. The summed E-state index contributed by atoms with van der Waals surface area (Å²) < 4.78 is 2.75. The average molecular weight is 424 g/mol. The third-order valence-electron chi connectivity index (χ3n) is 6.96. The summed E-state index contributed by atoms with van der Waals surface area (Å²) in [7, 11) is 0. The molecule has 0 amide bonds. The van der Waals surface area contributed by atoms with Crippen molar-refractivity contribution in [3.05, 3.63) is 97.1 Å². The highest BCUT2D eigenvalue weighted by Gasteiger charge is 2.20. The van der Waals surface area contributed by atoms with E-state index in [4.69, 9.17) is 0 Å². The summed E-state index contributed by atoms with van der Waals surface area (Å²) in [5, 5.41) is 13.4. The summed E-state index contributed by atoms with van der Waals surface area (Å²) in [5.41, 5.74) is 2.45. The van der Waals surface area contributed by atoms with Crippen molar-refractivity contribution < 1.29 is 0 Å². The van der Waals surface area contributed by atoms with Crippen LogP contribution in [0.25, 0.3) is 74.3 Å². The summed E-state index contributed by atoms with van der Waals surface area (Å²) in [6.07, 6.45) is 0. The number of para-hydroxylation sites is 1. The van der Waals surface area contributed by atoms with E-state index in [1.165, 1.54) is 74.3 Å². The number of hydrogen-bond acceptors (Lipinski definition) is 1. The van der Waals surface area contributed by atoms with Gasteiger partial charge in [-0.05, 0) is 27.6 Å². The van der Waals surface area contributed by atoms with E-state index >= 15 is 0 Å². The molecule has 0 fully saturated rings. The second-order valence-corrected chi connectivity index (χ2v) is 9.59. The minimum atomic E-state index is 1.20. The molecule has 1 nitrogen and oxygen atoms in total. The van der Waals surface area contributed by atoms with Gasteiger partial charge in [-0.3, -0.25) is 0 Å². The molecule has 2 aromatic heterocycles. The number of thiophene rings is 1. The van der Waals surface area contributed by atoms with Gasteiger partial charge < -0.3 is 4.98 Å². The van der Waals surface area contributed by atoms with Crippen LogP contribution in [-0.2, 0) is 0 Å². The molecule has 32 heavy (non-hydrogen) atoms. The molecule has 2 heterocycles. The first-order valence-electron chi connectivity index (χ1n) is 11.0. The Kier molecular flexibility index (Phi) is 3.08. The van der Waals surface area contributed by atoms with Crippen molar-refractivity contribution in [3.8, 4) is 0 Å². The molecule has 8 rings (SSSR count). The van der Waals surface area contributed by atoms with Crippen LogP contribution in [0.4, 0.5) is 0 Å². The van der Waals surface area contributed by atoms with E-state index in [1.807, 2.05) is 11.3 Å². The smallest absolute Gasteiger partial charge is 0.0566 e. The van der Waals surface area contributed by atoms with E-state index < -0.39 is 0 Å². The predicted molar refractivity (Wildman–Crippen MR) is 141 cm³/mol. The van der Waals surface area contributed by atoms with Crippen molar-refractivity contribution in [1.29, 1.82) is 0 Å². The zero-order chi connectivity index (χ0) is 20.8. The molecule has 0 bridgehead atoms. The van der Waals surface area contributed by atoms with Crippen molar-refractivity contribution in [1.82, 2.24) is 4.98 Å². The molecule has 0 saturated heterocycles. The van der Waals surface area contributed by atoms with E-state index in [0.29, 0.717) is 0 Å². The molecule has 0 aliphatic rings. The fourth-order valence-electron chi connectivity index (χ4n) is 5.67. The number of fused-ring (bicyclic) bond motifs is 15. The van der Waals surface area contributed by atoms with Crippen LogP contribution in [0.5, 0.6) is 0 Å². The molecule has 0 atom stereocenters. The summed E-state index contributed by atoms with van der Waals surface area (Å²) in [4.78, 5) is 3.81. The molecule has 8 aromatic rings. The van der Waals surface area contributed by atoms with Crippen molar-refractivity contribution in [2.75, 3.05) is 0 Å². The molecule has 0 aliphatic carbocycles. The van der Waals surface area contributed by atoms with Crippen molar-refractivity contribution >= 4 is 85.6 Å². The fraction of sp³-hybridized carbons (Fsp3) is 0. The van der Waals surface area contributed by atoms with Gasteiger partial charge in [0, 0.05) is 47.2 Å². The Morgan fingerprint density at radius 3 is 1.59 bits per heavy atom. The normalized spacial score (nSPS) is 12.4. The Labute approximate surface area is 187 Å². The Bertz CT molecular complexity index is 2040. The number of rotatable bonds is 0. The summed E-state index contributed by atoms with van der Waals surface area (Å²) in [6, 6.07) is 35.3. The quantitative estimate of drug-likeness (QED) is 0.234. The first-order valence-corrected chi connectivity index (χ1v) is 11.8. The Morgan fingerprint density at radius 1 is 0.406 bits per heavy atom. The summed E-state index contributed by atoms with van der Waals surface area (Å²) in [5.74, 6) is 0. The van der Waals surface area contributed by atoms with Crippen molar-refractivity contribution in [2.24, 2.45) is 0 Å².